The van der Waals surface area contributed by atoms with Crippen LogP contribution in [0, 0.1) is 0 Å². The number of carboxylic acids is 1. The van der Waals surface area contributed by atoms with E-state index in [2.05, 4.69) is 14.7 Å². The molecule has 0 atom stereocenters. The van der Waals surface area contributed by atoms with E-state index in [4.69, 9.17) is 5.11 Å². The van der Waals surface area contributed by atoms with Crippen molar-refractivity contribution in [3.8, 4) is 11.3 Å². The fraction of sp³-hybridized carbons (Fsp3) is 0.320. The number of hydrogen-bond acceptors (Lipinski definition) is 6. The first-order chi connectivity index (χ1) is 17.5. The Hall–Kier alpha value is -3.67. The fourth-order valence-corrected chi connectivity index (χ4v) is 4.96. The van der Waals surface area contributed by atoms with Crippen LogP contribution in [0.4, 0.5) is 24.8 Å². The Labute approximate surface area is 212 Å². The number of sulfonamides is 1. The van der Waals surface area contributed by atoms with Gasteiger partial charge in [0.25, 0.3) is 10.0 Å². The van der Waals surface area contributed by atoms with Crippen molar-refractivity contribution in [3.63, 3.8) is 0 Å². The molecule has 2 N–H and O–H groups in total. The molecule has 0 spiro atoms. The summed E-state index contributed by atoms with van der Waals surface area (Å²) in [6.07, 6.45) is -3.11. The molecule has 0 unspecified atom stereocenters. The molecule has 37 heavy (non-hydrogen) atoms. The molecule has 196 valence electrons. The van der Waals surface area contributed by atoms with Gasteiger partial charge in [0.2, 0.25) is 0 Å². The third-order valence-electron chi connectivity index (χ3n) is 5.96. The number of hydrogen-bond donors (Lipinski definition) is 2. The summed E-state index contributed by atoms with van der Waals surface area (Å²) in [5.41, 5.74) is -0.241. The number of aromatic nitrogens is 2. The average molecular weight is 535 g/mol. The van der Waals surface area contributed by atoms with E-state index in [0.29, 0.717) is 12.1 Å². The van der Waals surface area contributed by atoms with E-state index in [1.165, 1.54) is 12.1 Å². The number of nitrogens with one attached hydrogen (secondary N) is 1. The summed E-state index contributed by atoms with van der Waals surface area (Å²) in [5, 5.41) is 8.57. The molecule has 1 aliphatic rings. The maximum absolute atomic E-state index is 13.9. The Balaban J connectivity index is 1.69. The zero-order valence-corrected chi connectivity index (χ0v) is 20.7. The Kier molecular flexibility index (Phi) is 7.39. The Bertz CT molecular complexity index is 1410. The largest absolute Gasteiger partial charge is 0.481 e. The number of carbonyl (C=O) groups is 1. The molecule has 12 heteroatoms. The number of alkyl halides is 3. The highest BCUT2D eigenvalue weighted by atomic mass is 32.2. The van der Waals surface area contributed by atoms with Gasteiger partial charge in [0.05, 0.1) is 17.7 Å². The number of rotatable bonds is 10. The summed E-state index contributed by atoms with van der Waals surface area (Å²) in [6.45, 7) is 2.29. The third kappa shape index (κ3) is 6.19. The molecule has 0 bridgehead atoms. The van der Waals surface area contributed by atoms with Crippen LogP contribution in [0.25, 0.3) is 11.3 Å². The normalized spacial score (nSPS) is 13.8. The van der Waals surface area contributed by atoms with Gasteiger partial charge in [0, 0.05) is 18.7 Å². The summed E-state index contributed by atoms with van der Waals surface area (Å²) in [4.78, 5) is 20.8. The van der Waals surface area contributed by atoms with Crippen molar-refractivity contribution in [2.24, 2.45) is 0 Å². The number of pyridine rings is 2. The lowest BCUT2D eigenvalue weighted by Crippen LogP contribution is -2.27. The van der Waals surface area contributed by atoms with Gasteiger partial charge in [-0.05, 0) is 55.5 Å². The van der Waals surface area contributed by atoms with Crippen LogP contribution in [0.15, 0.2) is 59.6 Å². The molecular formula is C25H25F3N4O4S. The van der Waals surface area contributed by atoms with Crippen LogP contribution < -0.4 is 9.62 Å². The first-order valence-corrected chi connectivity index (χ1v) is 13.1. The van der Waals surface area contributed by atoms with E-state index in [0.717, 1.165) is 30.5 Å². The summed E-state index contributed by atoms with van der Waals surface area (Å²) < 4.78 is 70.0. The van der Waals surface area contributed by atoms with Gasteiger partial charge in [0.1, 0.15) is 11.6 Å². The molecule has 1 fully saturated rings. The lowest BCUT2D eigenvalue weighted by atomic mass is 9.97. The van der Waals surface area contributed by atoms with Crippen molar-refractivity contribution in [1.82, 2.24) is 9.97 Å². The molecule has 1 aliphatic carbocycles. The first-order valence-electron chi connectivity index (χ1n) is 11.6. The van der Waals surface area contributed by atoms with Crippen molar-refractivity contribution in [1.29, 1.82) is 0 Å². The van der Waals surface area contributed by atoms with E-state index < -0.39 is 27.7 Å². The fourth-order valence-electron chi connectivity index (χ4n) is 4.00. The number of aliphatic carboxylic acids is 1. The van der Waals surface area contributed by atoms with Crippen molar-refractivity contribution in [2.45, 2.75) is 43.3 Å². The van der Waals surface area contributed by atoms with Gasteiger partial charge < -0.3 is 10.0 Å². The SMILES string of the molecule is CCN(CCC(=O)O)c1cccc(S(=O)(=O)Nc2ccc(C(F)(F)F)c(-c3ccccc3C3CC3)n2)n1. The van der Waals surface area contributed by atoms with Crippen LogP contribution in [0.1, 0.15) is 43.2 Å². The van der Waals surface area contributed by atoms with Gasteiger partial charge in [-0.1, -0.05) is 30.3 Å². The predicted octanol–water partition coefficient (Wildman–Crippen LogP) is 5.14. The van der Waals surface area contributed by atoms with Gasteiger partial charge in [-0.15, -0.1) is 0 Å². The minimum Gasteiger partial charge on any atom is -0.481 e. The zero-order valence-electron chi connectivity index (χ0n) is 19.9. The average Bonchev–Trinajstić information content (AvgIpc) is 3.69. The summed E-state index contributed by atoms with van der Waals surface area (Å²) in [7, 11) is -4.32. The van der Waals surface area contributed by atoms with Gasteiger partial charge in [-0.3, -0.25) is 9.52 Å². The van der Waals surface area contributed by atoms with E-state index in [1.54, 1.807) is 42.2 Å². The van der Waals surface area contributed by atoms with Crippen LogP contribution >= 0.6 is 0 Å². The Morgan fingerprint density at radius 2 is 1.81 bits per heavy atom. The topological polar surface area (TPSA) is 112 Å². The second-order valence-electron chi connectivity index (χ2n) is 8.61. The van der Waals surface area contributed by atoms with E-state index >= 15 is 0 Å². The zero-order chi connectivity index (χ0) is 26.8. The number of benzene rings is 1. The Morgan fingerprint density at radius 3 is 2.46 bits per heavy atom. The highest BCUT2D eigenvalue weighted by molar-refractivity contribution is 7.92. The number of halogens is 3. The predicted molar refractivity (Wildman–Crippen MR) is 132 cm³/mol. The number of anilines is 2. The lowest BCUT2D eigenvalue weighted by molar-refractivity contribution is -0.138. The van der Waals surface area contributed by atoms with Crippen molar-refractivity contribution < 1.29 is 31.5 Å². The van der Waals surface area contributed by atoms with Gasteiger partial charge in [0.15, 0.2) is 5.03 Å². The minimum atomic E-state index is -4.69. The summed E-state index contributed by atoms with van der Waals surface area (Å²) in [5.74, 6) is -0.879. The van der Waals surface area contributed by atoms with Crippen LogP contribution in [0.2, 0.25) is 0 Å². The lowest BCUT2D eigenvalue weighted by Gasteiger charge is -2.21. The summed E-state index contributed by atoms with van der Waals surface area (Å²) >= 11 is 0. The van der Waals surface area contributed by atoms with E-state index in [-0.39, 0.29) is 41.2 Å². The molecule has 0 radical (unpaired) electrons. The van der Waals surface area contributed by atoms with Crippen LogP contribution in [0.3, 0.4) is 0 Å². The quantitative estimate of drug-likeness (QED) is 0.370. The molecule has 2 heterocycles. The standard InChI is InChI=1S/C25H25F3N4O4S/c1-2-32(15-14-23(33)34)21-8-5-9-22(30-21)37(35,36)31-20-13-12-19(25(26,27)28)24(29-20)18-7-4-3-6-17(18)16-10-11-16/h3-9,12-13,16H,2,10-11,14-15H2,1H3,(H,29,31)(H,33,34). The molecule has 0 amide bonds. The van der Waals surface area contributed by atoms with Gasteiger partial charge in [-0.25, -0.2) is 9.97 Å². The molecule has 2 aromatic heterocycles. The maximum atomic E-state index is 13.9. The molecule has 0 aliphatic heterocycles. The van der Waals surface area contributed by atoms with Crippen LogP contribution in [-0.4, -0.2) is 42.6 Å². The van der Waals surface area contributed by atoms with Crippen molar-refractivity contribution >= 4 is 27.6 Å². The van der Waals surface area contributed by atoms with Crippen molar-refractivity contribution in [3.05, 3.63) is 65.7 Å². The number of nitrogens with zero attached hydrogens (tertiary/aromatic N) is 3. The third-order valence-corrected chi connectivity index (χ3v) is 7.21. The molecule has 1 aromatic carbocycles. The van der Waals surface area contributed by atoms with Gasteiger partial charge >= 0.3 is 12.1 Å². The molecule has 8 nitrogen and oxygen atoms in total. The van der Waals surface area contributed by atoms with E-state index in [1.807, 2.05) is 0 Å². The van der Waals surface area contributed by atoms with E-state index in [9.17, 15) is 26.4 Å². The first kappa shape index (κ1) is 26.4. The molecule has 4 rings (SSSR count). The maximum Gasteiger partial charge on any atom is 0.418 e. The monoisotopic (exact) mass is 534 g/mol. The second-order valence-corrected chi connectivity index (χ2v) is 10.2. The molecule has 3 aromatic rings. The second kappa shape index (κ2) is 10.4. The van der Waals surface area contributed by atoms with Gasteiger partial charge in [-0.2, -0.15) is 21.6 Å². The molecular weight excluding hydrogens is 509 g/mol. The Morgan fingerprint density at radius 1 is 1.08 bits per heavy atom. The molecule has 0 saturated heterocycles. The van der Waals surface area contributed by atoms with Crippen LogP contribution in [0.5, 0.6) is 0 Å². The molecule has 1 saturated carbocycles. The smallest absolute Gasteiger partial charge is 0.418 e. The minimum absolute atomic E-state index is 0.125. The summed E-state index contributed by atoms with van der Waals surface area (Å²) in [6, 6.07) is 12.7. The highest BCUT2D eigenvalue weighted by Gasteiger charge is 2.37. The van der Waals surface area contributed by atoms with Crippen molar-refractivity contribution in [2.75, 3.05) is 22.7 Å². The number of carboxylic acid groups (broad SMARTS) is 1. The van der Waals surface area contributed by atoms with Crippen LogP contribution in [-0.2, 0) is 21.0 Å². The highest BCUT2D eigenvalue weighted by Crippen LogP contribution is 2.46.